The third kappa shape index (κ3) is 25.9. The minimum Gasteiger partial charge on any atom is -0.503 e. The van der Waals surface area contributed by atoms with Crippen LogP contribution >= 0.6 is 0 Å². The summed E-state index contributed by atoms with van der Waals surface area (Å²) in [6.07, 6.45) is 51.4. The highest BCUT2D eigenvalue weighted by molar-refractivity contribution is 6.00. The van der Waals surface area contributed by atoms with Gasteiger partial charge in [-0.25, -0.2) is 0 Å². The number of rotatable bonds is 48. The van der Waals surface area contributed by atoms with Crippen molar-refractivity contribution in [3.05, 3.63) is 44.5 Å². The number of carbonyl (C=O) groups excluding carboxylic acids is 2. The van der Waals surface area contributed by atoms with E-state index in [1.54, 1.807) is 9.13 Å². The van der Waals surface area contributed by atoms with Gasteiger partial charge in [0, 0.05) is 26.2 Å². The van der Waals surface area contributed by atoms with Crippen LogP contribution in [0.4, 0.5) is 0 Å². The highest BCUT2D eigenvalue weighted by atomic mass is 16.3. The first-order valence-electron chi connectivity index (χ1n) is 31.8. The molecule has 0 saturated carbocycles. The van der Waals surface area contributed by atoms with Crippen molar-refractivity contribution >= 4 is 33.6 Å². The number of hydrogen-bond acceptors (Lipinski definition) is 6. The van der Waals surface area contributed by atoms with E-state index in [1.165, 1.54) is 198 Å². The normalized spacial score (nSPS) is 11.6. The largest absolute Gasteiger partial charge is 0.503 e. The number of fused-ring (bicyclic) bond motifs is 2. The standard InChI is InChI=1S/C65H112N4O6/c1-6-10-14-18-22-26-30-34-38-42-46-66(47-43-39-35-31-27-23-19-15-11-7-2)60(72)53-68-51-58(70)64(74)56-50-57-63(55(5)62(56)68)69(52-59(71)65(57)75)54-61(73)67(48-44-40-36-32-28-24-20-16-12-8-3)49-45-41-37-33-29-25-21-17-13-9-4/h50-52,70-71H,6-49,53-54H2,1-5H3. The maximum Gasteiger partial charge on any atom is 0.242 e. The number of aryl methyl sites for hydroxylation is 1. The molecule has 3 aromatic rings. The smallest absolute Gasteiger partial charge is 0.242 e. The number of amides is 2. The van der Waals surface area contributed by atoms with Crippen molar-refractivity contribution in [2.45, 2.75) is 305 Å². The minimum atomic E-state index is -0.643. The van der Waals surface area contributed by atoms with E-state index < -0.39 is 22.4 Å². The number of pyridine rings is 2. The molecule has 2 heterocycles. The molecule has 1 aromatic carbocycles. The quantitative estimate of drug-likeness (QED) is 0.0429. The van der Waals surface area contributed by atoms with Crippen LogP contribution in [0, 0.1) is 6.92 Å². The van der Waals surface area contributed by atoms with E-state index in [0.717, 1.165) is 77.0 Å². The van der Waals surface area contributed by atoms with E-state index in [9.17, 15) is 29.4 Å². The van der Waals surface area contributed by atoms with Gasteiger partial charge in [-0.2, -0.15) is 0 Å². The maximum atomic E-state index is 14.5. The van der Waals surface area contributed by atoms with E-state index >= 15 is 0 Å². The summed E-state index contributed by atoms with van der Waals surface area (Å²) >= 11 is 0. The molecule has 428 valence electrons. The Hall–Kier alpha value is -3.82. The molecule has 2 aromatic heterocycles. The molecule has 3 rings (SSSR count). The molecule has 0 atom stereocenters. The number of nitrogens with zero attached hydrogens (tertiary/aromatic N) is 4. The molecule has 0 bridgehead atoms. The second-order valence-corrected chi connectivity index (χ2v) is 22.7. The van der Waals surface area contributed by atoms with Crippen molar-refractivity contribution in [3.63, 3.8) is 0 Å². The Bertz CT molecular complexity index is 1920. The average Bonchev–Trinajstić information content (AvgIpc) is 3.39. The molecule has 0 aliphatic carbocycles. The van der Waals surface area contributed by atoms with Crippen molar-refractivity contribution in [3.8, 4) is 11.5 Å². The zero-order valence-corrected chi connectivity index (χ0v) is 49.1. The molecular weight excluding hydrogens is 933 g/mol. The Morgan fingerprint density at radius 3 is 0.813 bits per heavy atom. The van der Waals surface area contributed by atoms with Gasteiger partial charge in [0.15, 0.2) is 11.5 Å². The average molecular weight is 1050 g/mol. The summed E-state index contributed by atoms with van der Waals surface area (Å²) in [5.74, 6) is -1.15. The van der Waals surface area contributed by atoms with Crippen LogP contribution in [0.2, 0.25) is 0 Å². The monoisotopic (exact) mass is 1040 g/mol. The predicted octanol–water partition coefficient (Wildman–Crippen LogP) is 17.4. The van der Waals surface area contributed by atoms with Gasteiger partial charge in [-0.15, -0.1) is 0 Å². The predicted molar refractivity (Wildman–Crippen MR) is 319 cm³/mol. The van der Waals surface area contributed by atoms with Gasteiger partial charge in [-0.1, -0.05) is 259 Å². The molecule has 2 amide bonds. The van der Waals surface area contributed by atoms with Crippen LogP contribution < -0.4 is 10.9 Å². The third-order valence-corrected chi connectivity index (χ3v) is 16.0. The third-order valence-electron chi connectivity index (χ3n) is 16.0. The SMILES string of the molecule is CCCCCCCCCCCCN(CCCCCCCCCCCC)C(=O)Cn1cc(O)c(=O)c2cc3c(=O)c(O)cn(CC(=O)N(CCCCCCCCCCCC)CCCCCCCCCCCC)c3c(C)c21. The van der Waals surface area contributed by atoms with Gasteiger partial charge in [0.1, 0.15) is 13.1 Å². The Morgan fingerprint density at radius 1 is 0.373 bits per heavy atom. The summed E-state index contributed by atoms with van der Waals surface area (Å²) in [7, 11) is 0. The number of benzene rings is 1. The fourth-order valence-corrected chi connectivity index (χ4v) is 11.3. The van der Waals surface area contributed by atoms with Crippen molar-refractivity contribution in [2.75, 3.05) is 26.2 Å². The summed E-state index contributed by atoms with van der Waals surface area (Å²) in [5, 5.41) is 22.4. The van der Waals surface area contributed by atoms with Gasteiger partial charge >= 0.3 is 0 Å². The minimum absolute atomic E-state index is 0.0708. The van der Waals surface area contributed by atoms with Gasteiger partial charge in [-0.3, -0.25) is 19.2 Å². The van der Waals surface area contributed by atoms with Crippen LogP contribution in [0.5, 0.6) is 11.5 Å². The summed E-state index contributed by atoms with van der Waals surface area (Å²) in [6, 6.07) is 1.44. The van der Waals surface area contributed by atoms with E-state index in [4.69, 9.17) is 0 Å². The van der Waals surface area contributed by atoms with E-state index in [0.29, 0.717) is 42.8 Å². The lowest BCUT2D eigenvalue weighted by atomic mass is 10.0. The van der Waals surface area contributed by atoms with E-state index in [2.05, 4.69) is 27.7 Å². The second-order valence-electron chi connectivity index (χ2n) is 22.7. The van der Waals surface area contributed by atoms with Crippen LogP contribution in [0.3, 0.4) is 0 Å². The lowest BCUT2D eigenvalue weighted by Crippen LogP contribution is -2.36. The number of aromatic hydroxyl groups is 2. The Kier molecular flexibility index (Phi) is 36.0. The van der Waals surface area contributed by atoms with Crippen molar-refractivity contribution in [2.24, 2.45) is 0 Å². The first kappa shape index (κ1) is 65.5. The van der Waals surface area contributed by atoms with Crippen LogP contribution in [-0.4, -0.2) is 67.1 Å². The van der Waals surface area contributed by atoms with Crippen molar-refractivity contribution in [1.29, 1.82) is 0 Å². The van der Waals surface area contributed by atoms with E-state index in [-0.39, 0.29) is 35.7 Å². The Balaban J connectivity index is 1.85. The summed E-state index contributed by atoms with van der Waals surface area (Å²) in [5.41, 5.74) is 0.140. The maximum absolute atomic E-state index is 14.5. The summed E-state index contributed by atoms with van der Waals surface area (Å²) in [6.45, 7) is 13.3. The molecule has 0 saturated heterocycles. The molecule has 0 aliphatic heterocycles. The number of carbonyl (C=O) groups is 2. The molecule has 0 aliphatic rings. The zero-order valence-electron chi connectivity index (χ0n) is 49.1. The van der Waals surface area contributed by atoms with Crippen LogP contribution in [0.15, 0.2) is 28.0 Å². The molecule has 0 spiro atoms. The molecule has 10 nitrogen and oxygen atoms in total. The molecule has 10 heteroatoms. The van der Waals surface area contributed by atoms with Gasteiger partial charge < -0.3 is 29.1 Å². The molecule has 0 fully saturated rings. The number of hydrogen-bond donors (Lipinski definition) is 2. The highest BCUT2D eigenvalue weighted by Crippen LogP contribution is 2.29. The molecule has 75 heavy (non-hydrogen) atoms. The molecule has 0 unspecified atom stereocenters. The summed E-state index contributed by atoms with van der Waals surface area (Å²) < 4.78 is 3.33. The van der Waals surface area contributed by atoms with Crippen LogP contribution in [-0.2, 0) is 22.7 Å². The number of aromatic nitrogens is 2. The van der Waals surface area contributed by atoms with Crippen molar-refractivity contribution < 1.29 is 19.8 Å². The Morgan fingerprint density at radius 2 is 0.587 bits per heavy atom. The van der Waals surface area contributed by atoms with E-state index in [1.807, 2.05) is 16.7 Å². The van der Waals surface area contributed by atoms with Gasteiger partial charge in [0.05, 0.1) is 34.2 Å². The zero-order chi connectivity index (χ0) is 54.3. The van der Waals surface area contributed by atoms with Crippen LogP contribution in [0.25, 0.3) is 21.8 Å². The fourth-order valence-electron chi connectivity index (χ4n) is 11.3. The first-order chi connectivity index (χ1) is 36.6. The molecule has 0 radical (unpaired) electrons. The second kappa shape index (κ2) is 41.3. The van der Waals surface area contributed by atoms with Gasteiger partial charge in [-0.05, 0) is 44.2 Å². The van der Waals surface area contributed by atoms with Crippen LogP contribution in [0.1, 0.15) is 290 Å². The molecule has 2 N–H and O–H groups in total. The summed E-state index contributed by atoms with van der Waals surface area (Å²) in [4.78, 5) is 60.5. The van der Waals surface area contributed by atoms with Gasteiger partial charge in [0.2, 0.25) is 22.7 Å². The lowest BCUT2D eigenvalue weighted by Gasteiger charge is -2.26. The number of unbranched alkanes of at least 4 members (excludes halogenated alkanes) is 36. The fraction of sp³-hybridized carbons (Fsp3) is 0.785. The van der Waals surface area contributed by atoms with Gasteiger partial charge in [0.25, 0.3) is 0 Å². The topological polar surface area (TPSA) is 125 Å². The highest BCUT2D eigenvalue weighted by Gasteiger charge is 2.23. The first-order valence-corrected chi connectivity index (χ1v) is 31.8. The Labute approximate surface area is 457 Å². The van der Waals surface area contributed by atoms with Crippen molar-refractivity contribution in [1.82, 2.24) is 18.9 Å². The molecular formula is C65H112N4O6. The lowest BCUT2D eigenvalue weighted by molar-refractivity contribution is -0.132.